The number of nitrogens with zero attached hydrogens (tertiary/aromatic N) is 5. The summed E-state index contributed by atoms with van der Waals surface area (Å²) < 4.78 is 2.04. The summed E-state index contributed by atoms with van der Waals surface area (Å²) in [4.78, 5) is 25.1. The molecule has 3 aromatic rings. The Bertz CT molecular complexity index is 944. The number of rotatable bonds is 6. The first kappa shape index (κ1) is 17.3. The molecule has 0 atom stereocenters. The molecule has 7 heteroatoms. The molecule has 0 unspecified atom stereocenters. The van der Waals surface area contributed by atoms with Crippen LogP contribution in [0.3, 0.4) is 0 Å². The van der Waals surface area contributed by atoms with Gasteiger partial charge in [0.15, 0.2) is 5.82 Å². The van der Waals surface area contributed by atoms with E-state index in [9.17, 15) is 4.79 Å². The number of carbonyl (C=O) groups is 1. The van der Waals surface area contributed by atoms with Gasteiger partial charge in [-0.25, -0.2) is 9.97 Å². The molecule has 7 nitrogen and oxygen atoms in total. The van der Waals surface area contributed by atoms with Crippen molar-refractivity contribution in [2.75, 3.05) is 6.54 Å². The fourth-order valence-electron chi connectivity index (χ4n) is 3.18. The smallest absolute Gasteiger partial charge is 0.254 e. The van der Waals surface area contributed by atoms with E-state index in [1.54, 1.807) is 24.8 Å². The summed E-state index contributed by atoms with van der Waals surface area (Å²) in [5.41, 5.74) is 3.58. The van der Waals surface area contributed by atoms with Crippen LogP contribution in [0, 0.1) is 19.3 Å². The van der Waals surface area contributed by atoms with Gasteiger partial charge >= 0.3 is 0 Å². The Hall–Kier alpha value is -3.09. The molecule has 0 aromatic carbocycles. The molecule has 3 aromatic heterocycles. The molecule has 1 aliphatic carbocycles. The average Bonchev–Trinajstić information content (AvgIpc) is 3.38. The topological polar surface area (TPSA) is 85.6 Å². The molecule has 0 radical (unpaired) electrons. The van der Waals surface area contributed by atoms with Crippen LogP contribution in [0.1, 0.15) is 34.6 Å². The van der Waals surface area contributed by atoms with Gasteiger partial charge in [-0.1, -0.05) is 0 Å². The molecular weight excluding hydrogens is 340 g/mol. The molecule has 0 aliphatic heterocycles. The van der Waals surface area contributed by atoms with Gasteiger partial charge in [-0.3, -0.25) is 14.5 Å². The summed E-state index contributed by atoms with van der Waals surface area (Å²) in [7, 11) is 0. The van der Waals surface area contributed by atoms with Gasteiger partial charge in [0.1, 0.15) is 0 Å². The minimum absolute atomic E-state index is 0.107. The zero-order valence-electron chi connectivity index (χ0n) is 15.5. The minimum Gasteiger partial charge on any atom is -0.351 e. The molecule has 1 amide bonds. The van der Waals surface area contributed by atoms with E-state index in [0.29, 0.717) is 17.9 Å². The summed E-state index contributed by atoms with van der Waals surface area (Å²) >= 11 is 0. The molecule has 1 saturated carbocycles. The largest absolute Gasteiger partial charge is 0.351 e. The normalized spacial score (nSPS) is 14.7. The maximum Gasteiger partial charge on any atom is 0.254 e. The highest BCUT2D eigenvalue weighted by molar-refractivity contribution is 5.93. The zero-order valence-corrected chi connectivity index (χ0v) is 15.5. The monoisotopic (exact) mass is 362 g/mol. The van der Waals surface area contributed by atoms with Crippen molar-refractivity contribution in [1.29, 1.82) is 0 Å². The van der Waals surface area contributed by atoms with E-state index < -0.39 is 0 Å². The van der Waals surface area contributed by atoms with Gasteiger partial charge in [0.05, 0.1) is 11.3 Å². The Morgan fingerprint density at radius 3 is 2.59 bits per heavy atom. The van der Waals surface area contributed by atoms with Crippen molar-refractivity contribution in [1.82, 2.24) is 30.0 Å². The van der Waals surface area contributed by atoms with E-state index in [1.165, 1.54) is 0 Å². The Morgan fingerprint density at radius 2 is 2.00 bits per heavy atom. The van der Waals surface area contributed by atoms with Gasteiger partial charge in [0.2, 0.25) is 0 Å². The predicted octanol–water partition coefficient (Wildman–Crippen LogP) is 2.56. The Kier molecular flexibility index (Phi) is 4.43. The molecule has 0 spiro atoms. The lowest BCUT2D eigenvalue weighted by atomic mass is 10.1. The summed E-state index contributed by atoms with van der Waals surface area (Å²) in [5.74, 6) is 0.412. The van der Waals surface area contributed by atoms with Crippen LogP contribution < -0.4 is 5.32 Å². The molecule has 27 heavy (non-hydrogen) atoms. The predicted molar refractivity (Wildman–Crippen MR) is 101 cm³/mol. The van der Waals surface area contributed by atoms with Crippen LogP contribution in [-0.2, 0) is 6.54 Å². The number of hydrogen-bond donors (Lipinski definition) is 1. The third-order valence-electron chi connectivity index (χ3n) is 5.00. The fraction of sp³-hybridized carbons (Fsp3) is 0.350. The lowest BCUT2D eigenvalue weighted by molar-refractivity contribution is 0.0941. The molecule has 1 aliphatic rings. The Morgan fingerprint density at radius 1 is 1.22 bits per heavy atom. The first-order chi connectivity index (χ1) is 13.0. The number of pyridine rings is 1. The number of hydrogen-bond acceptors (Lipinski definition) is 5. The van der Waals surface area contributed by atoms with E-state index in [0.717, 1.165) is 36.3 Å². The van der Waals surface area contributed by atoms with Crippen LogP contribution in [0.5, 0.6) is 0 Å². The second kappa shape index (κ2) is 6.90. The lowest BCUT2D eigenvalue weighted by Gasteiger charge is -2.17. The van der Waals surface area contributed by atoms with Gasteiger partial charge in [-0.15, -0.1) is 0 Å². The molecule has 1 fully saturated rings. The summed E-state index contributed by atoms with van der Waals surface area (Å²) in [6.45, 7) is 5.54. The summed E-state index contributed by atoms with van der Waals surface area (Å²) in [5, 5.41) is 7.57. The second-order valence-electron chi connectivity index (χ2n) is 7.30. The van der Waals surface area contributed by atoms with Crippen molar-refractivity contribution >= 4 is 5.91 Å². The highest BCUT2D eigenvalue weighted by atomic mass is 16.1. The van der Waals surface area contributed by atoms with Crippen molar-refractivity contribution in [2.45, 2.75) is 33.2 Å². The average molecular weight is 362 g/mol. The highest BCUT2D eigenvalue weighted by Crippen LogP contribution is 2.46. The third kappa shape index (κ3) is 3.86. The Balaban J connectivity index is 1.37. The number of aryl methyl sites for hydroxylation is 2. The van der Waals surface area contributed by atoms with E-state index >= 15 is 0 Å². The van der Waals surface area contributed by atoms with Crippen molar-refractivity contribution in [3.05, 3.63) is 59.9 Å². The van der Waals surface area contributed by atoms with E-state index in [1.807, 2.05) is 23.7 Å². The Labute approximate surface area is 157 Å². The zero-order chi connectivity index (χ0) is 18.9. The van der Waals surface area contributed by atoms with Crippen molar-refractivity contribution < 1.29 is 4.79 Å². The first-order valence-electron chi connectivity index (χ1n) is 9.06. The number of nitrogens with one attached hydrogen (secondary N) is 1. The standard InChI is InChI=1S/C20H22N6O/c1-14-8-15(2)26(25-14)13-20(5-6-20)12-24-19(27)17-10-22-18(23-11-17)16-4-3-7-21-9-16/h3-4,7-11H,5-6,12-13H2,1-2H3,(H,24,27). The molecule has 4 rings (SSSR count). The highest BCUT2D eigenvalue weighted by Gasteiger charge is 2.43. The molecule has 0 saturated heterocycles. The van der Waals surface area contributed by atoms with E-state index in [-0.39, 0.29) is 11.3 Å². The van der Waals surface area contributed by atoms with Gasteiger partial charge in [0.25, 0.3) is 5.91 Å². The van der Waals surface area contributed by atoms with Gasteiger partial charge in [-0.2, -0.15) is 5.10 Å². The molecular formula is C20H22N6O. The molecule has 0 bridgehead atoms. The van der Waals surface area contributed by atoms with E-state index in [2.05, 4.69) is 38.4 Å². The van der Waals surface area contributed by atoms with Crippen molar-refractivity contribution in [3.63, 3.8) is 0 Å². The number of amides is 1. The first-order valence-corrected chi connectivity index (χ1v) is 9.06. The van der Waals surface area contributed by atoms with Crippen LogP contribution >= 0.6 is 0 Å². The van der Waals surface area contributed by atoms with Crippen LogP contribution in [0.2, 0.25) is 0 Å². The number of aromatic nitrogens is 5. The molecule has 3 heterocycles. The minimum atomic E-state index is -0.146. The fourth-order valence-corrected chi connectivity index (χ4v) is 3.18. The lowest BCUT2D eigenvalue weighted by Crippen LogP contribution is -2.32. The van der Waals surface area contributed by atoms with Crippen LogP contribution in [0.15, 0.2) is 43.0 Å². The van der Waals surface area contributed by atoms with Gasteiger partial charge < -0.3 is 5.32 Å². The summed E-state index contributed by atoms with van der Waals surface area (Å²) in [6, 6.07) is 5.80. The second-order valence-corrected chi connectivity index (χ2v) is 7.30. The SMILES string of the molecule is Cc1cc(C)n(CC2(CNC(=O)c3cnc(-c4cccnc4)nc3)CC2)n1. The van der Waals surface area contributed by atoms with Crippen LogP contribution in [0.4, 0.5) is 0 Å². The van der Waals surface area contributed by atoms with Crippen LogP contribution in [0.25, 0.3) is 11.4 Å². The number of carbonyl (C=O) groups excluding carboxylic acids is 1. The van der Waals surface area contributed by atoms with E-state index in [4.69, 9.17) is 0 Å². The van der Waals surface area contributed by atoms with Crippen LogP contribution in [-0.4, -0.2) is 37.2 Å². The van der Waals surface area contributed by atoms with Crippen molar-refractivity contribution in [2.24, 2.45) is 5.41 Å². The third-order valence-corrected chi connectivity index (χ3v) is 5.00. The van der Waals surface area contributed by atoms with Crippen molar-refractivity contribution in [3.8, 4) is 11.4 Å². The summed E-state index contributed by atoms with van der Waals surface area (Å²) in [6.07, 6.45) is 8.72. The maximum atomic E-state index is 12.5. The van der Waals surface area contributed by atoms with Gasteiger partial charge in [0, 0.05) is 54.5 Å². The maximum absolute atomic E-state index is 12.5. The molecule has 1 N–H and O–H groups in total. The van der Waals surface area contributed by atoms with Gasteiger partial charge in [-0.05, 0) is 44.9 Å². The quantitative estimate of drug-likeness (QED) is 0.728. The molecule has 138 valence electrons.